The second kappa shape index (κ2) is 7.70. The minimum atomic E-state index is -0.156. The van der Waals surface area contributed by atoms with Crippen LogP contribution in [0.2, 0.25) is 0 Å². The van der Waals surface area contributed by atoms with Crippen molar-refractivity contribution in [3.63, 3.8) is 0 Å². The number of carbonyl (C=O) groups is 1. The van der Waals surface area contributed by atoms with Crippen LogP contribution in [0.25, 0.3) is 10.7 Å². The molecule has 1 aliphatic carbocycles. The molecule has 0 saturated heterocycles. The number of thioether (sulfide) groups is 1. The van der Waals surface area contributed by atoms with Crippen LogP contribution in [-0.4, -0.2) is 43.9 Å². The quantitative estimate of drug-likeness (QED) is 0.757. The van der Waals surface area contributed by atoms with E-state index < -0.39 is 0 Å². The van der Waals surface area contributed by atoms with Crippen LogP contribution in [-0.2, 0) is 11.8 Å². The minimum Gasteiger partial charge on any atom is -0.342 e. The molecule has 2 aromatic heterocycles. The van der Waals surface area contributed by atoms with Crippen molar-refractivity contribution < 1.29 is 4.79 Å². The average molecular weight is 365 g/mol. The molecule has 2 aromatic rings. The molecule has 0 spiro atoms. The summed E-state index contributed by atoms with van der Waals surface area (Å²) in [6.07, 6.45) is 6.03. The highest BCUT2D eigenvalue weighted by Crippen LogP contribution is 2.29. The summed E-state index contributed by atoms with van der Waals surface area (Å²) in [6.45, 7) is 1.96. The first-order valence-electron chi connectivity index (χ1n) is 8.44. The van der Waals surface area contributed by atoms with Crippen LogP contribution in [0.15, 0.2) is 22.7 Å². The standard InChI is InChI=1S/C17H24N4OS2/c1-12(16(22)20(2)13-8-5-4-6-9-13)24-17-19-18-15(21(17)3)14-10-7-11-23-14/h7,10-13H,4-6,8-9H2,1-3H3. The van der Waals surface area contributed by atoms with E-state index in [-0.39, 0.29) is 11.2 Å². The summed E-state index contributed by atoms with van der Waals surface area (Å²) >= 11 is 3.14. The molecule has 1 fully saturated rings. The third kappa shape index (κ3) is 3.67. The Bertz CT molecular complexity index is 677. The fourth-order valence-corrected chi connectivity index (χ4v) is 4.84. The normalized spacial score (nSPS) is 17.0. The Morgan fingerprint density at radius 2 is 2.12 bits per heavy atom. The number of thiophene rings is 1. The molecule has 1 atom stereocenters. The molecular formula is C17H24N4OS2. The molecule has 0 aromatic carbocycles. The second-order valence-corrected chi connectivity index (χ2v) is 8.60. The Labute approximate surface area is 151 Å². The molecule has 1 unspecified atom stereocenters. The fraction of sp³-hybridized carbons (Fsp3) is 0.588. The van der Waals surface area contributed by atoms with Crippen LogP contribution in [0.4, 0.5) is 0 Å². The lowest BCUT2D eigenvalue weighted by Crippen LogP contribution is -2.42. The Hall–Kier alpha value is -1.34. The van der Waals surface area contributed by atoms with Gasteiger partial charge in [-0.3, -0.25) is 4.79 Å². The van der Waals surface area contributed by atoms with Crippen LogP contribution >= 0.6 is 23.1 Å². The zero-order chi connectivity index (χ0) is 17.1. The van der Waals surface area contributed by atoms with Gasteiger partial charge in [-0.05, 0) is 31.2 Å². The van der Waals surface area contributed by atoms with Gasteiger partial charge in [-0.1, -0.05) is 37.1 Å². The van der Waals surface area contributed by atoms with Crippen molar-refractivity contribution in [1.29, 1.82) is 0 Å². The van der Waals surface area contributed by atoms with Crippen molar-refractivity contribution in [3.05, 3.63) is 17.5 Å². The van der Waals surface area contributed by atoms with E-state index in [0.29, 0.717) is 6.04 Å². The van der Waals surface area contributed by atoms with Gasteiger partial charge >= 0.3 is 0 Å². The molecule has 24 heavy (non-hydrogen) atoms. The van der Waals surface area contributed by atoms with E-state index in [0.717, 1.165) is 28.7 Å². The van der Waals surface area contributed by atoms with E-state index >= 15 is 0 Å². The smallest absolute Gasteiger partial charge is 0.235 e. The number of hydrogen-bond donors (Lipinski definition) is 0. The fourth-order valence-electron chi connectivity index (χ4n) is 3.18. The molecule has 0 radical (unpaired) electrons. The Morgan fingerprint density at radius 3 is 2.79 bits per heavy atom. The SMILES string of the molecule is CC(Sc1nnc(-c2cccs2)n1C)C(=O)N(C)C1CCCCC1. The van der Waals surface area contributed by atoms with Crippen molar-refractivity contribution in [2.24, 2.45) is 7.05 Å². The molecule has 1 amide bonds. The van der Waals surface area contributed by atoms with E-state index in [2.05, 4.69) is 10.2 Å². The first kappa shape index (κ1) is 17.5. The molecule has 3 rings (SSSR count). The summed E-state index contributed by atoms with van der Waals surface area (Å²) in [6, 6.07) is 4.44. The summed E-state index contributed by atoms with van der Waals surface area (Å²) in [5, 5.41) is 11.2. The first-order chi connectivity index (χ1) is 11.6. The number of amides is 1. The lowest BCUT2D eigenvalue weighted by molar-refractivity contribution is -0.131. The lowest BCUT2D eigenvalue weighted by atomic mass is 9.94. The van der Waals surface area contributed by atoms with Crippen molar-refractivity contribution >= 4 is 29.0 Å². The third-order valence-electron chi connectivity index (χ3n) is 4.68. The van der Waals surface area contributed by atoms with E-state index in [4.69, 9.17) is 0 Å². The summed E-state index contributed by atoms with van der Waals surface area (Å²) in [5.41, 5.74) is 0. The average Bonchev–Trinajstić information content (AvgIpc) is 3.25. The van der Waals surface area contributed by atoms with Crippen LogP contribution in [0, 0.1) is 0 Å². The Morgan fingerprint density at radius 1 is 1.38 bits per heavy atom. The highest BCUT2D eigenvalue weighted by Gasteiger charge is 2.27. The van der Waals surface area contributed by atoms with Gasteiger partial charge in [-0.25, -0.2) is 0 Å². The van der Waals surface area contributed by atoms with E-state index in [9.17, 15) is 4.79 Å². The zero-order valence-corrected chi connectivity index (χ0v) is 16.1. The largest absolute Gasteiger partial charge is 0.342 e. The monoisotopic (exact) mass is 364 g/mol. The Kier molecular flexibility index (Phi) is 5.61. The lowest BCUT2D eigenvalue weighted by Gasteiger charge is -2.32. The maximum atomic E-state index is 12.7. The third-order valence-corrected chi connectivity index (χ3v) is 6.66. The predicted molar refractivity (Wildman–Crippen MR) is 99.3 cm³/mol. The van der Waals surface area contributed by atoms with E-state index in [1.807, 2.05) is 48.0 Å². The van der Waals surface area contributed by atoms with Gasteiger partial charge in [-0.2, -0.15) is 0 Å². The number of hydrogen-bond acceptors (Lipinski definition) is 5. The number of aromatic nitrogens is 3. The van der Waals surface area contributed by atoms with Crippen molar-refractivity contribution in [1.82, 2.24) is 19.7 Å². The molecule has 0 bridgehead atoms. The summed E-state index contributed by atoms with van der Waals surface area (Å²) < 4.78 is 1.97. The maximum absolute atomic E-state index is 12.7. The molecule has 7 heteroatoms. The summed E-state index contributed by atoms with van der Waals surface area (Å²) in [7, 11) is 3.91. The maximum Gasteiger partial charge on any atom is 0.235 e. The van der Waals surface area contributed by atoms with Gasteiger partial charge in [0.15, 0.2) is 11.0 Å². The molecule has 0 N–H and O–H groups in total. The molecule has 1 aliphatic rings. The predicted octanol–water partition coefficient (Wildman–Crippen LogP) is 3.82. The second-order valence-electron chi connectivity index (χ2n) is 6.34. The van der Waals surface area contributed by atoms with Crippen LogP contribution < -0.4 is 0 Å². The van der Waals surface area contributed by atoms with Gasteiger partial charge in [-0.15, -0.1) is 21.5 Å². The zero-order valence-electron chi connectivity index (χ0n) is 14.4. The molecule has 2 heterocycles. The minimum absolute atomic E-state index is 0.156. The van der Waals surface area contributed by atoms with Gasteiger partial charge in [0.1, 0.15) is 0 Å². The highest BCUT2D eigenvalue weighted by molar-refractivity contribution is 8.00. The molecular weight excluding hydrogens is 340 g/mol. The van der Waals surface area contributed by atoms with Gasteiger partial charge in [0.05, 0.1) is 10.1 Å². The number of rotatable bonds is 5. The van der Waals surface area contributed by atoms with Crippen molar-refractivity contribution in [2.45, 2.75) is 55.5 Å². The Balaban J connectivity index is 1.66. The van der Waals surface area contributed by atoms with E-state index in [1.165, 1.54) is 31.0 Å². The summed E-state index contributed by atoms with van der Waals surface area (Å²) in [4.78, 5) is 15.8. The molecule has 1 saturated carbocycles. The van der Waals surface area contributed by atoms with Crippen LogP contribution in [0.5, 0.6) is 0 Å². The van der Waals surface area contributed by atoms with Crippen molar-refractivity contribution in [2.75, 3.05) is 7.05 Å². The van der Waals surface area contributed by atoms with Crippen molar-refractivity contribution in [3.8, 4) is 10.7 Å². The van der Waals surface area contributed by atoms with Crippen LogP contribution in [0.1, 0.15) is 39.0 Å². The van der Waals surface area contributed by atoms with Gasteiger partial charge in [0.25, 0.3) is 0 Å². The topological polar surface area (TPSA) is 51.0 Å². The number of carbonyl (C=O) groups excluding carboxylic acids is 1. The van der Waals surface area contributed by atoms with Gasteiger partial charge in [0.2, 0.25) is 5.91 Å². The van der Waals surface area contributed by atoms with Crippen LogP contribution in [0.3, 0.4) is 0 Å². The summed E-state index contributed by atoms with van der Waals surface area (Å²) in [5.74, 6) is 1.04. The number of nitrogens with zero attached hydrogens (tertiary/aromatic N) is 4. The highest BCUT2D eigenvalue weighted by atomic mass is 32.2. The first-order valence-corrected chi connectivity index (χ1v) is 10.2. The van der Waals surface area contributed by atoms with E-state index in [1.54, 1.807) is 11.3 Å². The van der Waals surface area contributed by atoms with Gasteiger partial charge < -0.3 is 9.47 Å². The molecule has 5 nitrogen and oxygen atoms in total. The van der Waals surface area contributed by atoms with Gasteiger partial charge in [0, 0.05) is 20.1 Å². The molecule has 0 aliphatic heterocycles. The molecule has 130 valence electrons.